The maximum absolute atomic E-state index is 13.1. The molecule has 1 atom stereocenters. The first kappa shape index (κ1) is 19.4. The Labute approximate surface area is 170 Å². The van der Waals surface area contributed by atoms with Crippen molar-refractivity contribution in [2.45, 2.75) is 32.4 Å². The first-order valence-corrected chi connectivity index (χ1v) is 11.0. The third-order valence-corrected chi connectivity index (χ3v) is 6.82. The van der Waals surface area contributed by atoms with E-state index in [1.165, 1.54) is 11.3 Å². The molecule has 0 bridgehead atoms. The van der Waals surface area contributed by atoms with Crippen LogP contribution in [0.25, 0.3) is 0 Å². The van der Waals surface area contributed by atoms with Gasteiger partial charge in [-0.2, -0.15) is 0 Å². The van der Waals surface area contributed by atoms with Gasteiger partial charge in [-0.3, -0.25) is 19.4 Å². The highest BCUT2D eigenvalue weighted by atomic mass is 32.1. The molecule has 150 valence electrons. The van der Waals surface area contributed by atoms with Crippen molar-refractivity contribution in [1.29, 1.82) is 0 Å². The van der Waals surface area contributed by atoms with Crippen molar-refractivity contribution in [3.8, 4) is 0 Å². The van der Waals surface area contributed by atoms with Gasteiger partial charge in [0, 0.05) is 62.6 Å². The fourth-order valence-electron chi connectivity index (χ4n) is 4.27. The van der Waals surface area contributed by atoms with Crippen LogP contribution >= 0.6 is 11.3 Å². The highest BCUT2D eigenvalue weighted by Gasteiger charge is 2.35. The molecule has 3 heterocycles. The molecule has 4 rings (SSSR count). The van der Waals surface area contributed by atoms with E-state index < -0.39 is 0 Å². The minimum Gasteiger partial charge on any atom is -0.311 e. The summed E-state index contributed by atoms with van der Waals surface area (Å²) in [5.41, 5.74) is 2.05. The molecule has 0 aliphatic carbocycles. The molecule has 2 aliphatic rings. The summed E-state index contributed by atoms with van der Waals surface area (Å²) in [6, 6.07) is 10.0. The highest BCUT2D eigenvalue weighted by Crippen LogP contribution is 2.24. The molecule has 1 amide bonds. The number of para-hydroxylation sites is 1. The van der Waals surface area contributed by atoms with Crippen LogP contribution in [0.4, 0.5) is 5.69 Å². The number of aryl methyl sites for hydroxylation is 1. The standard InChI is InChI=1S/C21H28N4O2S/c1-17-16-28-21(27)24(17)15-12-22-10-13-23(14-11-22)19-8-5-9-25(20(19)26)18-6-3-2-4-7-18/h2-4,6-7,16,19H,5,8-15H2,1H3/t19-/m0/s1. The van der Waals surface area contributed by atoms with Gasteiger partial charge in [-0.05, 0) is 31.9 Å². The fourth-order valence-corrected chi connectivity index (χ4v) is 5.04. The summed E-state index contributed by atoms with van der Waals surface area (Å²) in [5.74, 6) is 0.242. The number of thiazole rings is 1. The van der Waals surface area contributed by atoms with Gasteiger partial charge in [-0.25, -0.2) is 0 Å². The molecule has 6 nitrogen and oxygen atoms in total. The summed E-state index contributed by atoms with van der Waals surface area (Å²) in [6.07, 6.45) is 2.00. The van der Waals surface area contributed by atoms with Crippen LogP contribution in [0.2, 0.25) is 0 Å². The molecule has 0 radical (unpaired) electrons. The smallest absolute Gasteiger partial charge is 0.307 e. The third-order valence-electron chi connectivity index (χ3n) is 5.94. The van der Waals surface area contributed by atoms with Crippen LogP contribution in [0.1, 0.15) is 18.5 Å². The molecule has 1 aromatic heterocycles. The van der Waals surface area contributed by atoms with Crippen molar-refractivity contribution in [3.63, 3.8) is 0 Å². The number of hydrogen-bond acceptors (Lipinski definition) is 5. The second-order valence-electron chi connectivity index (χ2n) is 7.66. The Balaban J connectivity index is 1.32. The zero-order valence-electron chi connectivity index (χ0n) is 16.4. The van der Waals surface area contributed by atoms with E-state index in [2.05, 4.69) is 9.80 Å². The predicted octanol–water partition coefficient (Wildman–Crippen LogP) is 2.03. The molecule has 28 heavy (non-hydrogen) atoms. The summed E-state index contributed by atoms with van der Waals surface area (Å²) < 4.78 is 1.86. The van der Waals surface area contributed by atoms with E-state index in [-0.39, 0.29) is 16.8 Å². The van der Waals surface area contributed by atoms with Crippen LogP contribution in [0.15, 0.2) is 40.5 Å². The predicted molar refractivity (Wildman–Crippen MR) is 113 cm³/mol. The Hall–Kier alpha value is -1.96. The zero-order chi connectivity index (χ0) is 19.5. The molecule has 0 saturated carbocycles. The zero-order valence-corrected chi connectivity index (χ0v) is 17.2. The van der Waals surface area contributed by atoms with Gasteiger partial charge in [-0.15, -0.1) is 0 Å². The average molecular weight is 401 g/mol. The molecule has 0 unspecified atom stereocenters. The van der Waals surface area contributed by atoms with Gasteiger partial charge in [0.15, 0.2) is 0 Å². The number of piperidine rings is 1. The number of aromatic nitrogens is 1. The molecular weight excluding hydrogens is 372 g/mol. The number of carbonyl (C=O) groups excluding carboxylic acids is 1. The van der Waals surface area contributed by atoms with Crippen molar-refractivity contribution in [3.05, 3.63) is 51.1 Å². The van der Waals surface area contributed by atoms with Crippen molar-refractivity contribution >= 4 is 22.9 Å². The van der Waals surface area contributed by atoms with Crippen LogP contribution in [0, 0.1) is 6.92 Å². The molecule has 2 aliphatic heterocycles. The third kappa shape index (κ3) is 4.06. The monoisotopic (exact) mass is 400 g/mol. The Morgan fingerprint density at radius 1 is 1.00 bits per heavy atom. The summed E-state index contributed by atoms with van der Waals surface area (Å²) in [6.45, 7) is 8.17. The Morgan fingerprint density at radius 3 is 2.43 bits per heavy atom. The minimum absolute atomic E-state index is 0.00200. The van der Waals surface area contributed by atoms with Crippen molar-refractivity contribution in [2.75, 3.05) is 44.2 Å². The average Bonchev–Trinajstić information content (AvgIpc) is 3.05. The summed E-state index contributed by atoms with van der Waals surface area (Å²) in [4.78, 5) is 31.8. The van der Waals surface area contributed by atoms with Gasteiger partial charge in [0.25, 0.3) is 0 Å². The van der Waals surface area contributed by atoms with Gasteiger partial charge in [0.05, 0.1) is 6.04 Å². The largest absolute Gasteiger partial charge is 0.311 e. The van der Waals surface area contributed by atoms with E-state index in [1.54, 1.807) is 0 Å². The molecule has 1 aromatic carbocycles. The van der Waals surface area contributed by atoms with Crippen LogP contribution < -0.4 is 9.77 Å². The lowest BCUT2D eigenvalue weighted by molar-refractivity contribution is -0.126. The molecule has 0 N–H and O–H groups in total. The maximum atomic E-state index is 13.1. The molecule has 2 aromatic rings. The molecular formula is C21H28N4O2S. The molecule has 2 saturated heterocycles. The van der Waals surface area contributed by atoms with Crippen molar-refractivity contribution < 1.29 is 4.79 Å². The normalized spacial score (nSPS) is 22.0. The number of amides is 1. The van der Waals surface area contributed by atoms with Crippen LogP contribution in [0.5, 0.6) is 0 Å². The van der Waals surface area contributed by atoms with E-state index in [9.17, 15) is 9.59 Å². The van der Waals surface area contributed by atoms with Crippen molar-refractivity contribution in [1.82, 2.24) is 14.4 Å². The van der Waals surface area contributed by atoms with Crippen LogP contribution in [0.3, 0.4) is 0 Å². The Morgan fingerprint density at radius 2 is 1.75 bits per heavy atom. The SMILES string of the molecule is Cc1csc(=O)n1CCN1CCN([C@H]2CCCN(c3ccccc3)C2=O)CC1. The maximum Gasteiger partial charge on any atom is 0.307 e. The molecule has 7 heteroatoms. The van der Waals surface area contributed by atoms with E-state index in [1.807, 2.05) is 52.1 Å². The van der Waals surface area contributed by atoms with Crippen LogP contribution in [-0.2, 0) is 11.3 Å². The first-order chi connectivity index (χ1) is 13.6. The van der Waals surface area contributed by atoms with Crippen LogP contribution in [-0.4, -0.2) is 65.6 Å². The number of piperazine rings is 1. The lowest BCUT2D eigenvalue weighted by Gasteiger charge is -2.42. The van der Waals surface area contributed by atoms with Crippen molar-refractivity contribution in [2.24, 2.45) is 0 Å². The van der Waals surface area contributed by atoms with E-state index in [0.29, 0.717) is 0 Å². The Bertz CT molecular complexity index is 855. The Kier molecular flexibility index (Phi) is 5.94. The van der Waals surface area contributed by atoms with Gasteiger partial charge < -0.3 is 9.47 Å². The summed E-state index contributed by atoms with van der Waals surface area (Å²) in [7, 11) is 0. The highest BCUT2D eigenvalue weighted by molar-refractivity contribution is 7.07. The number of carbonyl (C=O) groups is 1. The lowest BCUT2D eigenvalue weighted by Crippen LogP contribution is -2.58. The number of anilines is 1. The topological polar surface area (TPSA) is 48.8 Å². The van der Waals surface area contributed by atoms with E-state index in [0.717, 1.165) is 70.0 Å². The van der Waals surface area contributed by atoms with E-state index in [4.69, 9.17) is 0 Å². The quantitative estimate of drug-likeness (QED) is 0.771. The van der Waals surface area contributed by atoms with Gasteiger partial charge in [-0.1, -0.05) is 29.5 Å². The molecule has 2 fully saturated rings. The summed E-state index contributed by atoms with van der Waals surface area (Å²) in [5, 5.41) is 1.92. The van der Waals surface area contributed by atoms with Gasteiger partial charge >= 0.3 is 4.87 Å². The second kappa shape index (κ2) is 8.59. The minimum atomic E-state index is -0.00200. The van der Waals surface area contributed by atoms with E-state index >= 15 is 0 Å². The number of hydrogen-bond donors (Lipinski definition) is 0. The van der Waals surface area contributed by atoms with Gasteiger partial charge in [0.2, 0.25) is 5.91 Å². The molecule has 0 spiro atoms. The second-order valence-corrected chi connectivity index (χ2v) is 8.48. The summed E-state index contributed by atoms with van der Waals surface area (Å²) >= 11 is 1.27. The number of rotatable bonds is 5. The first-order valence-electron chi connectivity index (χ1n) is 10.1. The van der Waals surface area contributed by atoms with Gasteiger partial charge in [0.1, 0.15) is 0 Å². The number of nitrogens with zero attached hydrogens (tertiary/aromatic N) is 4. The fraction of sp³-hybridized carbons (Fsp3) is 0.524. The number of benzene rings is 1. The lowest BCUT2D eigenvalue weighted by atomic mass is 10.0.